The highest BCUT2D eigenvalue weighted by Crippen LogP contribution is 2.35. The van der Waals surface area contributed by atoms with Crippen molar-refractivity contribution in [2.45, 2.75) is 13.8 Å². The maximum Gasteiger partial charge on any atom is 0.145 e. The van der Waals surface area contributed by atoms with Gasteiger partial charge in [0.2, 0.25) is 0 Å². The molecule has 0 spiro atoms. The van der Waals surface area contributed by atoms with Crippen molar-refractivity contribution >= 4 is 33.0 Å². The largest absolute Gasteiger partial charge is 0.456 e. The van der Waals surface area contributed by atoms with Crippen LogP contribution in [0.3, 0.4) is 0 Å². The van der Waals surface area contributed by atoms with E-state index in [9.17, 15) is 0 Å². The van der Waals surface area contributed by atoms with Gasteiger partial charge in [0.05, 0.1) is 11.0 Å². The predicted octanol–water partition coefficient (Wildman–Crippen LogP) is 11.0. The minimum atomic E-state index is 0.913. The molecule has 0 saturated heterocycles. The first-order valence-corrected chi connectivity index (χ1v) is 14.5. The van der Waals surface area contributed by atoms with Gasteiger partial charge < -0.3 is 4.42 Å². The molecule has 0 amide bonds. The molecule has 0 N–H and O–H groups in total. The van der Waals surface area contributed by atoms with E-state index in [1.54, 1.807) is 0 Å². The Morgan fingerprint density at radius 3 is 1.93 bits per heavy atom. The molecule has 2 aromatic heterocycles. The molecular weight excluding hydrogens is 512 g/mol. The quantitative estimate of drug-likeness (QED) is 0.221. The maximum atomic E-state index is 6.05. The zero-order valence-corrected chi connectivity index (χ0v) is 23.7. The normalized spacial score (nSPS) is 11.1. The Hall–Kier alpha value is -5.41. The average Bonchev–Trinajstić information content (AvgIpc) is 3.65. The lowest BCUT2D eigenvalue weighted by Gasteiger charge is -2.12. The maximum absolute atomic E-state index is 6.05. The summed E-state index contributed by atoms with van der Waals surface area (Å²) < 4.78 is 8.31. The summed E-state index contributed by atoms with van der Waals surface area (Å²) in [7, 11) is 0. The first-order chi connectivity index (χ1) is 20.8. The minimum absolute atomic E-state index is 0.913. The third kappa shape index (κ3) is 4.46. The van der Waals surface area contributed by atoms with E-state index >= 15 is 0 Å². The molecule has 0 bridgehead atoms. The fourth-order valence-corrected chi connectivity index (χ4v) is 5.68. The van der Waals surface area contributed by atoms with E-state index < -0.39 is 0 Å². The van der Waals surface area contributed by atoms with Gasteiger partial charge >= 0.3 is 0 Å². The van der Waals surface area contributed by atoms with Gasteiger partial charge in [-0.05, 0) is 70.8 Å². The number of rotatable bonds is 4. The van der Waals surface area contributed by atoms with Crippen molar-refractivity contribution < 1.29 is 4.42 Å². The molecule has 0 unspecified atom stereocenters. The molecule has 0 atom stereocenters. The highest BCUT2D eigenvalue weighted by molar-refractivity contribution is 6.06. The molecule has 8 rings (SSSR count). The van der Waals surface area contributed by atoms with Crippen molar-refractivity contribution in [1.29, 1.82) is 0 Å². The SMILES string of the molecule is CC.c1ccc(-c2nc3ccccc3n2-c2cccc(-c3cccc(-c4ccc5oc6ccccc6c5c4)c3)c2)cc1. The van der Waals surface area contributed by atoms with E-state index in [0.717, 1.165) is 55.6 Å². The van der Waals surface area contributed by atoms with Crippen LogP contribution in [0.25, 0.3) is 72.3 Å². The molecule has 0 aliphatic rings. The van der Waals surface area contributed by atoms with Crippen molar-refractivity contribution in [2.75, 3.05) is 0 Å². The van der Waals surface area contributed by atoms with E-state index in [1.165, 1.54) is 16.7 Å². The number of hydrogen-bond donors (Lipinski definition) is 0. The molecule has 42 heavy (non-hydrogen) atoms. The number of benzene rings is 6. The van der Waals surface area contributed by atoms with Crippen LogP contribution in [0, 0.1) is 0 Å². The monoisotopic (exact) mass is 542 g/mol. The number of imidazole rings is 1. The van der Waals surface area contributed by atoms with Crippen molar-refractivity contribution in [2.24, 2.45) is 0 Å². The summed E-state index contributed by atoms with van der Waals surface area (Å²) in [5.41, 5.74) is 10.8. The molecule has 3 nitrogen and oxygen atoms in total. The van der Waals surface area contributed by atoms with Gasteiger partial charge in [-0.1, -0.05) is 111 Å². The second-order valence-electron chi connectivity index (χ2n) is 10.1. The summed E-state index contributed by atoms with van der Waals surface area (Å²) in [5.74, 6) is 0.938. The molecule has 0 aliphatic heterocycles. The molecule has 202 valence electrons. The summed E-state index contributed by atoms with van der Waals surface area (Å²) in [6, 6.07) is 50.9. The van der Waals surface area contributed by atoms with Gasteiger partial charge in [-0.2, -0.15) is 0 Å². The second kappa shape index (κ2) is 10.9. The van der Waals surface area contributed by atoms with Gasteiger partial charge in [0.25, 0.3) is 0 Å². The molecule has 2 heterocycles. The van der Waals surface area contributed by atoms with Gasteiger partial charge in [-0.3, -0.25) is 4.57 Å². The van der Waals surface area contributed by atoms with Gasteiger partial charge in [0, 0.05) is 22.0 Å². The molecule has 0 aliphatic carbocycles. The smallest absolute Gasteiger partial charge is 0.145 e. The van der Waals surface area contributed by atoms with Crippen LogP contribution in [-0.4, -0.2) is 9.55 Å². The third-order valence-corrected chi connectivity index (χ3v) is 7.60. The highest BCUT2D eigenvalue weighted by atomic mass is 16.3. The van der Waals surface area contributed by atoms with E-state index in [0.29, 0.717) is 0 Å². The van der Waals surface area contributed by atoms with E-state index in [-0.39, 0.29) is 0 Å². The van der Waals surface area contributed by atoms with E-state index in [4.69, 9.17) is 9.40 Å². The average molecular weight is 543 g/mol. The number of hydrogen-bond acceptors (Lipinski definition) is 2. The number of para-hydroxylation sites is 3. The summed E-state index contributed by atoms with van der Waals surface area (Å²) in [6.07, 6.45) is 0. The second-order valence-corrected chi connectivity index (χ2v) is 10.1. The summed E-state index contributed by atoms with van der Waals surface area (Å²) >= 11 is 0. The summed E-state index contributed by atoms with van der Waals surface area (Å²) in [4.78, 5) is 5.01. The highest BCUT2D eigenvalue weighted by Gasteiger charge is 2.15. The van der Waals surface area contributed by atoms with Crippen molar-refractivity contribution in [3.05, 3.63) is 146 Å². The number of furan rings is 1. The molecule has 3 heteroatoms. The molecule has 6 aromatic carbocycles. The molecular formula is C39H30N2O. The zero-order valence-electron chi connectivity index (χ0n) is 23.7. The zero-order chi connectivity index (χ0) is 28.5. The van der Waals surface area contributed by atoms with E-state index in [2.05, 4.69) is 126 Å². The van der Waals surface area contributed by atoms with Crippen molar-refractivity contribution in [3.8, 4) is 39.3 Å². The summed E-state index contributed by atoms with van der Waals surface area (Å²) in [5, 5.41) is 2.28. The Kier molecular flexibility index (Phi) is 6.61. The number of nitrogens with zero attached hydrogens (tertiary/aromatic N) is 2. The van der Waals surface area contributed by atoms with E-state index in [1.807, 2.05) is 38.1 Å². The molecule has 8 aromatic rings. The lowest BCUT2D eigenvalue weighted by Crippen LogP contribution is -1.98. The van der Waals surface area contributed by atoms with Crippen LogP contribution in [0.2, 0.25) is 0 Å². The van der Waals surface area contributed by atoms with Gasteiger partial charge in [0.1, 0.15) is 17.0 Å². The minimum Gasteiger partial charge on any atom is -0.456 e. The van der Waals surface area contributed by atoms with Crippen LogP contribution < -0.4 is 0 Å². The van der Waals surface area contributed by atoms with Crippen LogP contribution >= 0.6 is 0 Å². The first-order valence-electron chi connectivity index (χ1n) is 14.5. The third-order valence-electron chi connectivity index (χ3n) is 7.60. The summed E-state index contributed by atoms with van der Waals surface area (Å²) in [6.45, 7) is 4.00. The van der Waals surface area contributed by atoms with Gasteiger partial charge in [-0.15, -0.1) is 0 Å². The fourth-order valence-electron chi connectivity index (χ4n) is 5.68. The van der Waals surface area contributed by atoms with Crippen LogP contribution in [-0.2, 0) is 0 Å². The molecule has 0 fully saturated rings. The van der Waals surface area contributed by atoms with Gasteiger partial charge in [-0.25, -0.2) is 4.98 Å². The lowest BCUT2D eigenvalue weighted by molar-refractivity contribution is 0.669. The van der Waals surface area contributed by atoms with Crippen molar-refractivity contribution in [3.63, 3.8) is 0 Å². The first kappa shape index (κ1) is 25.6. The Bertz CT molecular complexity index is 2170. The van der Waals surface area contributed by atoms with Crippen LogP contribution in [0.1, 0.15) is 13.8 Å². The Morgan fingerprint density at radius 1 is 0.476 bits per heavy atom. The molecule has 0 saturated carbocycles. The Labute approximate surface area is 245 Å². The van der Waals surface area contributed by atoms with Crippen LogP contribution in [0.5, 0.6) is 0 Å². The molecule has 0 radical (unpaired) electrons. The number of aromatic nitrogens is 2. The standard InChI is InChI=1S/C37H24N2O.C2H6/c1-2-10-25(11-3-1)37-38-33-17-5-6-18-34(33)39(37)30-15-9-14-28(23-30)26-12-8-13-27(22-26)29-20-21-36-32(24-29)31-16-4-7-19-35(31)40-36;1-2/h1-24H;1-2H3. The van der Waals surface area contributed by atoms with Gasteiger partial charge in [0.15, 0.2) is 0 Å². The Morgan fingerprint density at radius 2 is 1.10 bits per heavy atom. The van der Waals surface area contributed by atoms with Crippen molar-refractivity contribution in [1.82, 2.24) is 9.55 Å². The predicted molar refractivity (Wildman–Crippen MR) is 176 cm³/mol. The topological polar surface area (TPSA) is 31.0 Å². The lowest BCUT2D eigenvalue weighted by atomic mass is 9.97. The van der Waals surface area contributed by atoms with Crippen LogP contribution in [0.4, 0.5) is 0 Å². The van der Waals surface area contributed by atoms with Crippen LogP contribution in [0.15, 0.2) is 150 Å². The number of fused-ring (bicyclic) bond motifs is 4. The Balaban J connectivity index is 0.00000141. The fraction of sp³-hybridized carbons (Fsp3) is 0.0513.